The molecule has 0 spiro atoms. The van der Waals surface area contributed by atoms with Gasteiger partial charge in [-0.25, -0.2) is 4.98 Å². The first-order valence-corrected chi connectivity index (χ1v) is 9.11. The number of aryl methyl sites for hydroxylation is 1. The minimum atomic E-state index is -0.308. The minimum Gasteiger partial charge on any atom is -0.356 e. The van der Waals surface area contributed by atoms with Crippen LogP contribution in [0.1, 0.15) is 11.3 Å². The highest BCUT2D eigenvalue weighted by atomic mass is 16.7. The van der Waals surface area contributed by atoms with E-state index in [1.54, 1.807) is 20.4 Å². The molecule has 142 valence electrons. The van der Waals surface area contributed by atoms with Gasteiger partial charge >= 0.3 is 0 Å². The lowest BCUT2D eigenvalue weighted by molar-refractivity contribution is -0.100. The van der Waals surface area contributed by atoms with Gasteiger partial charge in [-0.3, -0.25) is 10.1 Å². The molecule has 0 saturated carbocycles. The molecule has 4 aromatic rings. The number of ether oxygens (including phenoxy) is 2. The molecule has 1 aromatic carbocycles. The summed E-state index contributed by atoms with van der Waals surface area (Å²) < 4.78 is 10.7. The number of H-pyrrole nitrogens is 1. The first-order valence-electron chi connectivity index (χ1n) is 9.11. The van der Waals surface area contributed by atoms with Crippen molar-refractivity contribution in [1.29, 1.82) is 0 Å². The summed E-state index contributed by atoms with van der Waals surface area (Å²) in [5, 5.41) is 8.38. The molecule has 0 aliphatic rings. The van der Waals surface area contributed by atoms with Crippen LogP contribution < -0.4 is 0 Å². The molecule has 0 saturated heterocycles. The standard InChI is InChI=1S/C22H22N4O2/c1-14-6-4-9-19(24-14)22-17(13-23-26-22)18-11-10-15-7-5-8-16(21(15)25-18)12-20(27-2)28-3/h4-11,13,20H,12H2,1-3H3,(H,23,26). The zero-order valence-corrected chi connectivity index (χ0v) is 16.1. The van der Waals surface area contributed by atoms with Gasteiger partial charge in [-0.05, 0) is 30.7 Å². The van der Waals surface area contributed by atoms with Gasteiger partial charge < -0.3 is 9.47 Å². The summed E-state index contributed by atoms with van der Waals surface area (Å²) in [6, 6.07) is 16.2. The van der Waals surface area contributed by atoms with Gasteiger partial charge in [-0.2, -0.15) is 5.10 Å². The molecular formula is C22H22N4O2. The second-order valence-corrected chi connectivity index (χ2v) is 6.61. The van der Waals surface area contributed by atoms with E-state index in [0.717, 1.165) is 44.8 Å². The van der Waals surface area contributed by atoms with Crippen LogP contribution >= 0.6 is 0 Å². The van der Waals surface area contributed by atoms with Crippen molar-refractivity contribution in [2.45, 2.75) is 19.6 Å². The van der Waals surface area contributed by atoms with Crippen molar-refractivity contribution in [3.63, 3.8) is 0 Å². The quantitative estimate of drug-likeness (QED) is 0.513. The lowest BCUT2D eigenvalue weighted by atomic mass is 10.0. The molecule has 3 aromatic heterocycles. The van der Waals surface area contributed by atoms with Gasteiger partial charge in [0.2, 0.25) is 0 Å². The fraction of sp³-hybridized carbons (Fsp3) is 0.227. The number of nitrogens with one attached hydrogen (secondary N) is 1. The van der Waals surface area contributed by atoms with E-state index in [4.69, 9.17) is 14.5 Å². The Kier molecular flexibility index (Phi) is 5.14. The largest absolute Gasteiger partial charge is 0.356 e. The number of hydrogen-bond acceptors (Lipinski definition) is 5. The Morgan fingerprint density at radius 2 is 1.75 bits per heavy atom. The number of nitrogens with zero attached hydrogens (tertiary/aromatic N) is 3. The van der Waals surface area contributed by atoms with Crippen molar-refractivity contribution < 1.29 is 9.47 Å². The van der Waals surface area contributed by atoms with Crippen LogP contribution in [-0.4, -0.2) is 40.7 Å². The van der Waals surface area contributed by atoms with E-state index in [1.165, 1.54) is 0 Å². The molecule has 0 atom stereocenters. The van der Waals surface area contributed by atoms with Crippen molar-refractivity contribution in [3.05, 3.63) is 66.0 Å². The zero-order valence-electron chi connectivity index (χ0n) is 16.1. The number of methoxy groups -OCH3 is 2. The Bertz CT molecular complexity index is 1100. The molecule has 28 heavy (non-hydrogen) atoms. The Labute approximate surface area is 163 Å². The molecule has 0 aliphatic carbocycles. The van der Waals surface area contributed by atoms with E-state index in [1.807, 2.05) is 37.3 Å². The SMILES string of the molecule is COC(Cc1cccc2ccc(-c3cn[nH]c3-c3cccc(C)n3)nc12)OC. The van der Waals surface area contributed by atoms with Crippen LogP contribution in [0.4, 0.5) is 0 Å². The number of fused-ring (bicyclic) bond motifs is 1. The number of pyridine rings is 2. The fourth-order valence-electron chi connectivity index (χ4n) is 3.32. The van der Waals surface area contributed by atoms with E-state index >= 15 is 0 Å². The third-order valence-electron chi connectivity index (χ3n) is 4.78. The van der Waals surface area contributed by atoms with Crippen molar-refractivity contribution in [1.82, 2.24) is 20.2 Å². The maximum Gasteiger partial charge on any atom is 0.160 e. The molecule has 0 aliphatic heterocycles. The Balaban J connectivity index is 1.80. The molecule has 4 rings (SSSR count). The second-order valence-electron chi connectivity index (χ2n) is 6.61. The summed E-state index contributed by atoms with van der Waals surface area (Å²) in [6.45, 7) is 1.97. The molecule has 6 heteroatoms. The smallest absolute Gasteiger partial charge is 0.160 e. The summed E-state index contributed by atoms with van der Waals surface area (Å²) in [7, 11) is 3.29. The average Bonchev–Trinajstić information content (AvgIpc) is 3.21. The second kappa shape index (κ2) is 7.88. The van der Waals surface area contributed by atoms with Crippen molar-refractivity contribution in [3.8, 4) is 22.6 Å². The predicted octanol–water partition coefficient (Wildman–Crippen LogP) is 4.16. The van der Waals surface area contributed by atoms with E-state index in [0.29, 0.717) is 6.42 Å². The van der Waals surface area contributed by atoms with Crippen LogP contribution in [0.5, 0.6) is 0 Å². The van der Waals surface area contributed by atoms with Crippen LogP contribution in [0.3, 0.4) is 0 Å². The molecule has 0 bridgehead atoms. The lowest BCUT2D eigenvalue weighted by Crippen LogP contribution is -2.16. The van der Waals surface area contributed by atoms with Crippen LogP contribution in [0.25, 0.3) is 33.5 Å². The van der Waals surface area contributed by atoms with Gasteiger partial charge in [0.15, 0.2) is 6.29 Å². The average molecular weight is 374 g/mol. The highest BCUT2D eigenvalue weighted by Gasteiger charge is 2.15. The van der Waals surface area contributed by atoms with E-state index in [2.05, 4.69) is 33.4 Å². The highest BCUT2D eigenvalue weighted by molar-refractivity contribution is 5.86. The highest BCUT2D eigenvalue weighted by Crippen LogP contribution is 2.30. The Hall–Kier alpha value is -3.09. The number of rotatable bonds is 6. The van der Waals surface area contributed by atoms with Crippen molar-refractivity contribution in [2.75, 3.05) is 14.2 Å². The lowest BCUT2D eigenvalue weighted by Gasteiger charge is -2.15. The molecule has 0 radical (unpaired) electrons. The first-order chi connectivity index (χ1) is 13.7. The van der Waals surface area contributed by atoms with Gasteiger partial charge in [0.05, 0.1) is 28.8 Å². The van der Waals surface area contributed by atoms with Gasteiger partial charge in [-0.1, -0.05) is 30.3 Å². The molecule has 6 nitrogen and oxygen atoms in total. The third kappa shape index (κ3) is 3.52. The van der Waals surface area contributed by atoms with Crippen molar-refractivity contribution >= 4 is 10.9 Å². The minimum absolute atomic E-state index is 0.308. The van der Waals surface area contributed by atoms with Gasteiger partial charge in [0.25, 0.3) is 0 Å². The predicted molar refractivity (Wildman–Crippen MR) is 109 cm³/mol. The van der Waals surface area contributed by atoms with Crippen LogP contribution in [0.2, 0.25) is 0 Å². The molecule has 1 N–H and O–H groups in total. The monoisotopic (exact) mass is 374 g/mol. The zero-order chi connectivity index (χ0) is 19.5. The Morgan fingerprint density at radius 3 is 2.54 bits per heavy atom. The van der Waals surface area contributed by atoms with Crippen LogP contribution in [0.15, 0.2) is 54.7 Å². The van der Waals surface area contributed by atoms with Crippen LogP contribution in [0, 0.1) is 6.92 Å². The summed E-state index contributed by atoms with van der Waals surface area (Å²) in [4.78, 5) is 9.56. The number of aromatic nitrogens is 4. The molecule has 3 heterocycles. The summed E-state index contributed by atoms with van der Waals surface area (Å²) in [5.74, 6) is 0. The van der Waals surface area contributed by atoms with Crippen LogP contribution in [-0.2, 0) is 15.9 Å². The first kappa shape index (κ1) is 18.3. The van der Waals surface area contributed by atoms with E-state index < -0.39 is 0 Å². The van der Waals surface area contributed by atoms with Gasteiger partial charge in [-0.15, -0.1) is 0 Å². The Morgan fingerprint density at radius 1 is 0.929 bits per heavy atom. The topological polar surface area (TPSA) is 72.9 Å². The third-order valence-corrected chi connectivity index (χ3v) is 4.78. The summed E-state index contributed by atoms with van der Waals surface area (Å²) >= 11 is 0. The van der Waals surface area contributed by atoms with E-state index in [9.17, 15) is 0 Å². The summed E-state index contributed by atoms with van der Waals surface area (Å²) in [6.07, 6.45) is 2.11. The number of benzene rings is 1. The fourth-order valence-corrected chi connectivity index (χ4v) is 3.32. The van der Waals surface area contributed by atoms with Gasteiger partial charge in [0.1, 0.15) is 0 Å². The normalized spacial score (nSPS) is 11.4. The number of hydrogen-bond donors (Lipinski definition) is 1. The maximum atomic E-state index is 5.37. The van der Waals surface area contributed by atoms with Crippen molar-refractivity contribution in [2.24, 2.45) is 0 Å². The van der Waals surface area contributed by atoms with E-state index in [-0.39, 0.29) is 6.29 Å². The maximum absolute atomic E-state index is 5.37. The number of aromatic amines is 1. The van der Waals surface area contributed by atoms with Gasteiger partial charge in [0, 0.05) is 37.3 Å². The molecule has 0 amide bonds. The molecule has 0 unspecified atom stereocenters. The molecular weight excluding hydrogens is 352 g/mol. The molecule has 0 fully saturated rings. The summed E-state index contributed by atoms with van der Waals surface area (Å²) in [5.41, 5.74) is 6.44. The number of para-hydroxylation sites is 1.